The van der Waals surface area contributed by atoms with Crippen LogP contribution >= 0.6 is 12.4 Å². The van der Waals surface area contributed by atoms with Gasteiger partial charge in [-0.05, 0) is 43.0 Å². The number of carbonyl (C=O) groups excluding carboxylic acids is 2. The highest BCUT2D eigenvalue weighted by Crippen LogP contribution is 2.29. The minimum absolute atomic E-state index is 0. The molecule has 5 nitrogen and oxygen atoms in total. The normalized spacial score (nSPS) is 19.4. The maximum absolute atomic E-state index is 12.4. The molecule has 1 aliphatic heterocycles. The summed E-state index contributed by atoms with van der Waals surface area (Å²) < 4.78 is 0. The Balaban J connectivity index is 0.00000176. The molecule has 2 amide bonds. The van der Waals surface area contributed by atoms with E-state index < -0.39 is 5.54 Å². The Bertz CT molecular complexity index is 583. The number of benzene rings is 1. The molecule has 4 N–H and O–H groups in total. The number of hydrogen-bond donors (Lipinski definition) is 3. The molecule has 120 valence electrons. The van der Waals surface area contributed by atoms with Gasteiger partial charge in [0, 0.05) is 17.8 Å². The second-order valence-corrected chi connectivity index (χ2v) is 6.09. The Hall–Kier alpha value is -1.59. The molecular weight excluding hydrogens is 302 g/mol. The van der Waals surface area contributed by atoms with Gasteiger partial charge in [-0.2, -0.15) is 0 Å². The minimum atomic E-state index is -0.734. The van der Waals surface area contributed by atoms with Crippen LogP contribution in [-0.2, 0) is 16.0 Å². The lowest BCUT2D eigenvalue weighted by molar-refractivity contribution is -0.122. The zero-order valence-electron chi connectivity index (χ0n) is 12.5. The number of amides is 2. The van der Waals surface area contributed by atoms with E-state index in [9.17, 15) is 9.59 Å². The second-order valence-electron chi connectivity index (χ2n) is 6.09. The van der Waals surface area contributed by atoms with Crippen molar-refractivity contribution in [2.45, 2.75) is 50.5 Å². The predicted octanol–water partition coefficient (Wildman–Crippen LogP) is 2.59. The third-order valence-corrected chi connectivity index (χ3v) is 4.46. The lowest BCUT2D eigenvalue weighted by atomic mass is 9.82. The van der Waals surface area contributed by atoms with Gasteiger partial charge >= 0.3 is 0 Å². The Morgan fingerprint density at radius 2 is 1.91 bits per heavy atom. The fourth-order valence-electron chi connectivity index (χ4n) is 3.13. The van der Waals surface area contributed by atoms with Crippen molar-refractivity contribution in [1.82, 2.24) is 0 Å². The summed E-state index contributed by atoms with van der Waals surface area (Å²) in [6.45, 7) is 0. The van der Waals surface area contributed by atoms with E-state index in [1.54, 1.807) is 0 Å². The number of nitrogens with two attached hydrogens (primary N) is 1. The van der Waals surface area contributed by atoms with Gasteiger partial charge in [0.05, 0.1) is 5.54 Å². The van der Waals surface area contributed by atoms with Gasteiger partial charge in [-0.15, -0.1) is 12.4 Å². The van der Waals surface area contributed by atoms with E-state index in [-0.39, 0.29) is 24.2 Å². The molecule has 0 atom stereocenters. The molecule has 0 aromatic heterocycles. The van der Waals surface area contributed by atoms with Crippen molar-refractivity contribution in [2.24, 2.45) is 5.73 Å². The fourth-order valence-corrected chi connectivity index (χ4v) is 3.13. The van der Waals surface area contributed by atoms with Crippen LogP contribution in [0.1, 0.15) is 44.1 Å². The smallest absolute Gasteiger partial charge is 0.244 e. The van der Waals surface area contributed by atoms with E-state index in [1.165, 1.54) is 0 Å². The van der Waals surface area contributed by atoms with Gasteiger partial charge < -0.3 is 16.4 Å². The Morgan fingerprint density at radius 1 is 1.18 bits per heavy atom. The summed E-state index contributed by atoms with van der Waals surface area (Å²) in [5.41, 5.74) is 8.15. The molecular formula is C16H22ClN3O2. The number of fused-ring (bicyclic) bond motifs is 1. The van der Waals surface area contributed by atoms with E-state index in [0.717, 1.165) is 49.0 Å². The molecule has 0 radical (unpaired) electrons. The van der Waals surface area contributed by atoms with Gasteiger partial charge in [0.1, 0.15) is 0 Å². The highest BCUT2D eigenvalue weighted by Gasteiger charge is 2.35. The van der Waals surface area contributed by atoms with Gasteiger partial charge in [-0.3, -0.25) is 9.59 Å². The van der Waals surface area contributed by atoms with Crippen molar-refractivity contribution in [3.05, 3.63) is 23.8 Å². The van der Waals surface area contributed by atoms with E-state index in [0.29, 0.717) is 12.8 Å². The number of aryl methyl sites for hydroxylation is 1. The molecule has 2 aliphatic rings. The molecule has 1 heterocycles. The molecule has 3 rings (SSSR count). The maximum atomic E-state index is 12.4. The van der Waals surface area contributed by atoms with Gasteiger partial charge in [0.2, 0.25) is 11.8 Å². The molecule has 1 aromatic rings. The minimum Gasteiger partial charge on any atom is -0.326 e. The largest absolute Gasteiger partial charge is 0.326 e. The van der Waals surface area contributed by atoms with Crippen LogP contribution in [0.2, 0.25) is 0 Å². The van der Waals surface area contributed by atoms with Crippen molar-refractivity contribution in [1.29, 1.82) is 0 Å². The van der Waals surface area contributed by atoms with Crippen molar-refractivity contribution in [3.8, 4) is 0 Å². The Labute approximate surface area is 136 Å². The van der Waals surface area contributed by atoms with E-state index in [2.05, 4.69) is 10.6 Å². The first-order valence-electron chi connectivity index (χ1n) is 7.60. The number of carbonyl (C=O) groups is 2. The molecule has 1 aliphatic carbocycles. The van der Waals surface area contributed by atoms with Gasteiger partial charge in [-0.1, -0.05) is 19.3 Å². The van der Waals surface area contributed by atoms with Crippen LogP contribution in [-0.4, -0.2) is 17.4 Å². The zero-order valence-corrected chi connectivity index (χ0v) is 13.3. The van der Waals surface area contributed by atoms with Crippen molar-refractivity contribution >= 4 is 35.6 Å². The van der Waals surface area contributed by atoms with Gasteiger partial charge in [-0.25, -0.2) is 0 Å². The van der Waals surface area contributed by atoms with Crippen molar-refractivity contribution in [3.63, 3.8) is 0 Å². The summed E-state index contributed by atoms with van der Waals surface area (Å²) in [6.07, 6.45) is 5.88. The molecule has 0 saturated heterocycles. The number of hydrogen-bond acceptors (Lipinski definition) is 3. The number of rotatable bonds is 2. The van der Waals surface area contributed by atoms with Crippen molar-refractivity contribution < 1.29 is 9.59 Å². The molecule has 0 bridgehead atoms. The SMILES string of the molecule is Cl.NC1(C(=O)Nc2ccc3c(c2)CCC(=O)N3)CCCCC1. The summed E-state index contributed by atoms with van der Waals surface area (Å²) >= 11 is 0. The lowest BCUT2D eigenvalue weighted by Crippen LogP contribution is -2.52. The van der Waals surface area contributed by atoms with Gasteiger partial charge in [0.15, 0.2) is 0 Å². The quantitative estimate of drug-likeness (QED) is 0.782. The fraction of sp³-hybridized carbons (Fsp3) is 0.500. The number of anilines is 2. The highest BCUT2D eigenvalue weighted by molar-refractivity contribution is 5.99. The Kier molecular flexibility index (Phi) is 5.08. The first kappa shape index (κ1) is 16.8. The summed E-state index contributed by atoms with van der Waals surface area (Å²) in [5.74, 6) is -0.0515. The van der Waals surface area contributed by atoms with Crippen molar-refractivity contribution in [2.75, 3.05) is 10.6 Å². The van der Waals surface area contributed by atoms with Crippen LogP contribution < -0.4 is 16.4 Å². The Morgan fingerprint density at radius 3 is 2.64 bits per heavy atom. The molecule has 1 aromatic carbocycles. The van der Waals surface area contributed by atoms with Crippen LogP contribution in [0.4, 0.5) is 11.4 Å². The van der Waals surface area contributed by atoms with Crippen LogP contribution in [0.5, 0.6) is 0 Å². The van der Waals surface area contributed by atoms with E-state index >= 15 is 0 Å². The molecule has 22 heavy (non-hydrogen) atoms. The summed E-state index contributed by atoms with van der Waals surface area (Å²) in [6, 6.07) is 5.58. The summed E-state index contributed by atoms with van der Waals surface area (Å²) in [4.78, 5) is 23.7. The third-order valence-electron chi connectivity index (χ3n) is 4.46. The molecule has 6 heteroatoms. The lowest BCUT2D eigenvalue weighted by Gasteiger charge is -2.32. The molecule has 1 saturated carbocycles. The van der Waals surface area contributed by atoms with E-state index in [1.807, 2.05) is 18.2 Å². The van der Waals surface area contributed by atoms with Gasteiger partial charge in [0.25, 0.3) is 0 Å². The number of halogens is 1. The first-order chi connectivity index (χ1) is 10.1. The highest BCUT2D eigenvalue weighted by atomic mass is 35.5. The molecule has 0 spiro atoms. The van der Waals surface area contributed by atoms with E-state index in [4.69, 9.17) is 5.73 Å². The predicted molar refractivity (Wildman–Crippen MR) is 89.3 cm³/mol. The van der Waals surface area contributed by atoms with Crippen LogP contribution in [0, 0.1) is 0 Å². The summed E-state index contributed by atoms with van der Waals surface area (Å²) in [5, 5.41) is 5.77. The van der Waals surface area contributed by atoms with Crippen LogP contribution in [0.15, 0.2) is 18.2 Å². The third kappa shape index (κ3) is 3.42. The molecule has 1 fully saturated rings. The monoisotopic (exact) mass is 323 g/mol. The number of nitrogens with one attached hydrogen (secondary N) is 2. The van der Waals surface area contributed by atoms with Crippen LogP contribution in [0.3, 0.4) is 0 Å². The average molecular weight is 324 g/mol. The first-order valence-corrected chi connectivity index (χ1v) is 7.60. The maximum Gasteiger partial charge on any atom is 0.244 e. The zero-order chi connectivity index (χ0) is 14.9. The topological polar surface area (TPSA) is 84.2 Å². The standard InChI is InChI=1S/C16H21N3O2.ClH/c17-16(8-2-1-3-9-16)15(21)18-12-5-6-13-11(10-12)4-7-14(20)19-13;/h5-6,10H,1-4,7-9,17H2,(H,18,21)(H,19,20);1H. The average Bonchev–Trinajstić information content (AvgIpc) is 2.48. The van der Waals surface area contributed by atoms with Crippen LogP contribution in [0.25, 0.3) is 0 Å². The molecule has 0 unspecified atom stereocenters. The summed E-state index contributed by atoms with van der Waals surface area (Å²) in [7, 11) is 0. The second kappa shape index (κ2) is 6.67.